The second kappa shape index (κ2) is 2.32. The molecule has 1 saturated heterocycles. The fourth-order valence-corrected chi connectivity index (χ4v) is 1.46. The molecule has 1 aliphatic carbocycles. The number of rotatable bonds is 1. The molecule has 0 aromatic rings. The predicted molar refractivity (Wildman–Crippen MR) is 38.9 cm³/mol. The molecular formula is C8H11NO2. The van der Waals surface area contributed by atoms with E-state index in [0.717, 1.165) is 19.5 Å². The highest BCUT2D eigenvalue weighted by Crippen LogP contribution is 2.26. The number of nitrogens with zero attached hydrogens (tertiary/aromatic N) is 1. The van der Waals surface area contributed by atoms with Crippen LogP contribution < -0.4 is 0 Å². The molecule has 0 spiro atoms. The molecule has 0 aromatic heterocycles. The number of amides is 1. The molecule has 11 heavy (non-hydrogen) atoms. The zero-order chi connectivity index (χ0) is 7.84. The minimum atomic E-state index is 0.0443. The molecule has 1 saturated carbocycles. The van der Waals surface area contributed by atoms with Crippen LogP contribution in [0.4, 0.5) is 0 Å². The average molecular weight is 153 g/mol. The molecule has 1 aliphatic heterocycles. The van der Waals surface area contributed by atoms with E-state index >= 15 is 0 Å². The van der Waals surface area contributed by atoms with Gasteiger partial charge in [-0.05, 0) is 6.42 Å². The van der Waals surface area contributed by atoms with E-state index in [1.807, 2.05) is 4.90 Å². The molecule has 3 heteroatoms. The molecular weight excluding hydrogens is 142 g/mol. The van der Waals surface area contributed by atoms with E-state index in [0.29, 0.717) is 12.8 Å². The summed E-state index contributed by atoms with van der Waals surface area (Å²) in [5.41, 5.74) is 0. The molecule has 0 atom stereocenters. The molecule has 0 aromatic carbocycles. The van der Waals surface area contributed by atoms with Gasteiger partial charge in [-0.2, -0.15) is 0 Å². The summed E-state index contributed by atoms with van der Waals surface area (Å²) in [4.78, 5) is 23.7. The Morgan fingerprint density at radius 2 is 2.00 bits per heavy atom. The van der Waals surface area contributed by atoms with Crippen molar-refractivity contribution in [2.24, 2.45) is 5.92 Å². The molecule has 1 amide bonds. The van der Waals surface area contributed by atoms with Gasteiger partial charge in [0.2, 0.25) is 5.91 Å². The first-order valence-electron chi connectivity index (χ1n) is 4.08. The maximum atomic E-state index is 11.3. The van der Waals surface area contributed by atoms with E-state index in [1.165, 1.54) is 0 Å². The van der Waals surface area contributed by atoms with E-state index in [2.05, 4.69) is 0 Å². The number of ketones is 1. The van der Waals surface area contributed by atoms with Crippen LogP contribution in [0.2, 0.25) is 0 Å². The average Bonchev–Trinajstić information content (AvgIpc) is 1.76. The van der Waals surface area contributed by atoms with Gasteiger partial charge in [-0.1, -0.05) is 0 Å². The quantitative estimate of drug-likeness (QED) is 0.539. The second-order valence-electron chi connectivity index (χ2n) is 3.32. The maximum absolute atomic E-state index is 11.3. The van der Waals surface area contributed by atoms with Crippen molar-refractivity contribution in [2.75, 3.05) is 13.1 Å². The fourth-order valence-electron chi connectivity index (χ4n) is 1.46. The third-order valence-corrected chi connectivity index (χ3v) is 2.47. The number of likely N-dealkylation sites (tertiary alicyclic amines) is 1. The summed E-state index contributed by atoms with van der Waals surface area (Å²) in [6.07, 6.45) is 2.12. The van der Waals surface area contributed by atoms with E-state index in [1.54, 1.807) is 0 Å². The second-order valence-corrected chi connectivity index (χ2v) is 3.32. The van der Waals surface area contributed by atoms with Crippen LogP contribution in [-0.2, 0) is 9.59 Å². The van der Waals surface area contributed by atoms with E-state index in [-0.39, 0.29) is 17.6 Å². The monoisotopic (exact) mass is 153 g/mol. The van der Waals surface area contributed by atoms with Crippen LogP contribution in [0.25, 0.3) is 0 Å². The Balaban J connectivity index is 1.85. The molecule has 0 unspecified atom stereocenters. The van der Waals surface area contributed by atoms with E-state index in [4.69, 9.17) is 0 Å². The SMILES string of the molecule is O=C1CC(C(=O)N2CCC2)C1. The summed E-state index contributed by atoms with van der Waals surface area (Å²) >= 11 is 0. The normalized spacial score (nSPS) is 24.4. The Bertz CT molecular complexity index is 200. The summed E-state index contributed by atoms with van der Waals surface area (Å²) in [6, 6.07) is 0. The van der Waals surface area contributed by atoms with Crippen LogP contribution in [-0.4, -0.2) is 29.7 Å². The largest absolute Gasteiger partial charge is 0.342 e. The standard InChI is InChI=1S/C8H11NO2/c10-7-4-6(5-7)8(11)9-2-1-3-9/h6H,1-5H2. The highest BCUT2D eigenvalue weighted by Gasteiger charge is 2.36. The Morgan fingerprint density at radius 1 is 1.36 bits per heavy atom. The Kier molecular flexibility index (Phi) is 1.44. The van der Waals surface area contributed by atoms with Crippen LogP contribution in [0.3, 0.4) is 0 Å². The van der Waals surface area contributed by atoms with Crippen LogP contribution in [0.1, 0.15) is 19.3 Å². The summed E-state index contributed by atoms with van der Waals surface area (Å²) in [7, 11) is 0. The van der Waals surface area contributed by atoms with Gasteiger partial charge in [-0.25, -0.2) is 0 Å². The molecule has 3 nitrogen and oxygen atoms in total. The Hall–Kier alpha value is -0.860. The van der Waals surface area contributed by atoms with Gasteiger partial charge in [-0.15, -0.1) is 0 Å². The zero-order valence-electron chi connectivity index (χ0n) is 6.38. The lowest BCUT2D eigenvalue weighted by Gasteiger charge is -2.36. The van der Waals surface area contributed by atoms with Gasteiger partial charge in [0.15, 0.2) is 0 Å². The number of Topliss-reactive ketones (excluding diaryl/α,β-unsaturated/α-hetero) is 1. The third-order valence-electron chi connectivity index (χ3n) is 2.47. The molecule has 2 fully saturated rings. The summed E-state index contributed by atoms with van der Waals surface area (Å²) in [6.45, 7) is 1.81. The van der Waals surface area contributed by atoms with Crippen molar-refractivity contribution < 1.29 is 9.59 Å². The zero-order valence-corrected chi connectivity index (χ0v) is 6.38. The lowest BCUT2D eigenvalue weighted by atomic mass is 9.82. The number of carbonyl (C=O) groups excluding carboxylic acids is 2. The summed E-state index contributed by atoms with van der Waals surface area (Å²) in [5.74, 6) is 0.488. The molecule has 1 heterocycles. The first-order chi connectivity index (χ1) is 5.27. The van der Waals surface area contributed by atoms with Gasteiger partial charge in [0.05, 0.1) is 5.92 Å². The Morgan fingerprint density at radius 3 is 2.36 bits per heavy atom. The smallest absolute Gasteiger partial charge is 0.226 e. The van der Waals surface area contributed by atoms with Crippen molar-refractivity contribution in [3.8, 4) is 0 Å². The molecule has 2 aliphatic rings. The van der Waals surface area contributed by atoms with Crippen molar-refractivity contribution in [3.05, 3.63) is 0 Å². The van der Waals surface area contributed by atoms with Crippen LogP contribution in [0.5, 0.6) is 0 Å². The number of hydrogen-bond acceptors (Lipinski definition) is 2. The van der Waals surface area contributed by atoms with E-state index in [9.17, 15) is 9.59 Å². The van der Waals surface area contributed by atoms with Gasteiger partial charge in [0.25, 0.3) is 0 Å². The minimum Gasteiger partial charge on any atom is -0.342 e. The van der Waals surface area contributed by atoms with Crippen LogP contribution >= 0.6 is 0 Å². The lowest BCUT2D eigenvalue weighted by Crippen LogP contribution is -2.48. The predicted octanol–water partition coefficient (Wildman–Crippen LogP) is 0.198. The topological polar surface area (TPSA) is 37.4 Å². The van der Waals surface area contributed by atoms with Crippen LogP contribution in [0.15, 0.2) is 0 Å². The molecule has 0 bridgehead atoms. The molecule has 2 rings (SSSR count). The number of hydrogen-bond donors (Lipinski definition) is 0. The van der Waals surface area contributed by atoms with Crippen molar-refractivity contribution >= 4 is 11.7 Å². The van der Waals surface area contributed by atoms with Gasteiger partial charge in [0, 0.05) is 25.9 Å². The van der Waals surface area contributed by atoms with E-state index < -0.39 is 0 Å². The van der Waals surface area contributed by atoms with Crippen LogP contribution in [0, 0.1) is 5.92 Å². The molecule has 0 radical (unpaired) electrons. The Labute approximate surface area is 65.4 Å². The lowest BCUT2D eigenvalue weighted by molar-refractivity contribution is -0.147. The fraction of sp³-hybridized carbons (Fsp3) is 0.750. The van der Waals surface area contributed by atoms with Crippen molar-refractivity contribution in [3.63, 3.8) is 0 Å². The van der Waals surface area contributed by atoms with Gasteiger partial charge < -0.3 is 4.90 Å². The van der Waals surface area contributed by atoms with Gasteiger partial charge in [0.1, 0.15) is 5.78 Å². The first kappa shape index (κ1) is 6.83. The number of carbonyl (C=O) groups is 2. The third kappa shape index (κ3) is 1.04. The first-order valence-corrected chi connectivity index (χ1v) is 4.08. The highest BCUT2D eigenvalue weighted by molar-refractivity contribution is 5.96. The maximum Gasteiger partial charge on any atom is 0.226 e. The van der Waals surface area contributed by atoms with Crippen molar-refractivity contribution in [1.82, 2.24) is 4.90 Å². The molecule has 60 valence electrons. The van der Waals surface area contributed by atoms with Crippen molar-refractivity contribution in [1.29, 1.82) is 0 Å². The van der Waals surface area contributed by atoms with Gasteiger partial charge >= 0.3 is 0 Å². The minimum absolute atomic E-state index is 0.0443. The highest BCUT2D eigenvalue weighted by atomic mass is 16.2. The summed E-state index contributed by atoms with van der Waals surface area (Å²) in [5, 5.41) is 0. The summed E-state index contributed by atoms with van der Waals surface area (Å²) < 4.78 is 0. The molecule has 0 N–H and O–H groups in total. The van der Waals surface area contributed by atoms with Crippen molar-refractivity contribution in [2.45, 2.75) is 19.3 Å². The van der Waals surface area contributed by atoms with Gasteiger partial charge in [-0.3, -0.25) is 9.59 Å².